The number of methoxy groups -OCH3 is 1. The summed E-state index contributed by atoms with van der Waals surface area (Å²) in [4.78, 5) is 5.81. The maximum atomic E-state index is 10.1. The third-order valence-corrected chi connectivity index (χ3v) is 7.28. The normalized spacial score (nSPS) is 11.0. The highest BCUT2D eigenvalue weighted by Gasteiger charge is 2.23. The van der Waals surface area contributed by atoms with Gasteiger partial charge in [0.25, 0.3) is 0 Å². The molecule has 2 heterocycles. The van der Waals surface area contributed by atoms with Crippen molar-refractivity contribution >= 4 is 33.8 Å². The summed E-state index contributed by atoms with van der Waals surface area (Å²) in [5.74, 6) is 0.821. The summed E-state index contributed by atoms with van der Waals surface area (Å²) >= 11 is 1.65. The van der Waals surface area contributed by atoms with Gasteiger partial charge in [0.05, 0.1) is 23.8 Å². The second-order valence-corrected chi connectivity index (χ2v) is 9.38. The van der Waals surface area contributed by atoms with Crippen molar-refractivity contribution in [2.45, 2.75) is 4.90 Å². The molecule has 4 aromatic carbocycles. The van der Waals surface area contributed by atoms with Crippen molar-refractivity contribution < 1.29 is 4.74 Å². The minimum atomic E-state index is 0.420. The van der Waals surface area contributed by atoms with E-state index < -0.39 is 0 Å². The lowest BCUT2D eigenvalue weighted by Crippen LogP contribution is -1.95. The van der Waals surface area contributed by atoms with Crippen LogP contribution in [0.15, 0.2) is 114 Å². The standard InChI is InChI=1S/C31H21N3OS/c1-35-23-15-17-24(18-16-23)36-34-29-14-8-6-12-25(29)30(31(34)21-9-3-2-4-10-21)26-19-22-11-5-7-13-27(22)33-28(26)20-32/h2-19H,1H3. The van der Waals surface area contributed by atoms with Gasteiger partial charge in [0, 0.05) is 26.8 Å². The van der Waals surface area contributed by atoms with Gasteiger partial charge in [-0.15, -0.1) is 0 Å². The number of rotatable bonds is 5. The molecule has 0 saturated heterocycles. The van der Waals surface area contributed by atoms with Gasteiger partial charge in [0.2, 0.25) is 0 Å². The molecule has 5 heteroatoms. The van der Waals surface area contributed by atoms with E-state index >= 15 is 0 Å². The van der Waals surface area contributed by atoms with Gasteiger partial charge in [0.1, 0.15) is 17.5 Å². The number of fused-ring (bicyclic) bond motifs is 2. The predicted octanol–water partition coefficient (Wildman–Crippen LogP) is 7.96. The van der Waals surface area contributed by atoms with Crippen molar-refractivity contribution in [3.05, 3.63) is 115 Å². The highest BCUT2D eigenvalue weighted by molar-refractivity contribution is 7.98. The lowest BCUT2D eigenvalue weighted by molar-refractivity contribution is 0.414. The fourth-order valence-corrected chi connectivity index (χ4v) is 5.58. The van der Waals surface area contributed by atoms with E-state index in [1.54, 1.807) is 19.1 Å². The third-order valence-electron chi connectivity index (χ3n) is 6.23. The van der Waals surface area contributed by atoms with Crippen LogP contribution >= 0.6 is 11.9 Å². The Labute approximate surface area is 213 Å². The summed E-state index contributed by atoms with van der Waals surface area (Å²) < 4.78 is 7.61. The molecule has 0 spiro atoms. The van der Waals surface area contributed by atoms with Gasteiger partial charge in [-0.1, -0.05) is 66.7 Å². The molecule has 0 unspecified atom stereocenters. The molecular formula is C31H21N3OS. The van der Waals surface area contributed by atoms with Crippen LogP contribution in [0.2, 0.25) is 0 Å². The van der Waals surface area contributed by atoms with Gasteiger partial charge >= 0.3 is 0 Å². The van der Waals surface area contributed by atoms with E-state index in [0.29, 0.717) is 5.69 Å². The quantitative estimate of drug-likeness (QED) is 0.250. The maximum Gasteiger partial charge on any atom is 0.149 e. The molecule has 4 nitrogen and oxygen atoms in total. The number of aromatic nitrogens is 2. The number of ether oxygens (including phenoxy) is 1. The van der Waals surface area contributed by atoms with Crippen molar-refractivity contribution in [3.8, 4) is 34.2 Å². The molecule has 0 aliphatic heterocycles. The minimum absolute atomic E-state index is 0.420. The average Bonchev–Trinajstić information content (AvgIpc) is 3.27. The van der Waals surface area contributed by atoms with Crippen LogP contribution in [0.25, 0.3) is 44.2 Å². The van der Waals surface area contributed by atoms with Crippen LogP contribution in [-0.2, 0) is 0 Å². The van der Waals surface area contributed by atoms with E-state index in [-0.39, 0.29) is 0 Å². The molecule has 6 aromatic rings. The highest BCUT2D eigenvalue weighted by atomic mass is 32.2. The van der Waals surface area contributed by atoms with E-state index in [0.717, 1.165) is 54.8 Å². The summed E-state index contributed by atoms with van der Waals surface area (Å²) in [6.07, 6.45) is 0. The Morgan fingerprint density at radius 3 is 2.33 bits per heavy atom. The largest absolute Gasteiger partial charge is 0.497 e. The molecule has 0 atom stereocenters. The molecule has 2 aromatic heterocycles. The molecule has 0 amide bonds. The number of para-hydroxylation sites is 2. The number of hydrogen-bond donors (Lipinski definition) is 0. The van der Waals surface area contributed by atoms with Gasteiger partial charge in [-0.3, -0.25) is 3.97 Å². The van der Waals surface area contributed by atoms with Crippen LogP contribution < -0.4 is 4.74 Å². The fraction of sp³-hybridized carbons (Fsp3) is 0.0323. The number of nitriles is 1. The molecule has 0 radical (unpaired) electrons. The summed E-state index contributed by atoms with van der Waals surface area (Å²) in [5, 5.41) is 12.2. The molecule has 0 aliphatic rings. The zero-order chi connectivity index (χ0) is 24.5. The first-order valence-electron chi connectivity index (χ1n) is 11.6. The molecule has 6 rings (SSSR count). The van der Waals surface area contributed by atoms with Crippen LogP contribution in [0, 0.1) is 11.3 Å². The predicted molar refractivity (Wildman–Crippen MR) is 147 cm³/mol. The Morgan fingerprint density at radius 1 is 0.833 bits per heavy atom. The Bertz CT molecular complexity index is 1750. The van der Waals surface area contributed by atoms with Crippen LogP contribution in [0.3, 0.4) is 0 Å². The SMILES string of the molecule is COc1ccc(Sn2c(-c3ccccc3)c(-c3cc4ccccc4nc3C#N)c3ccccc32)cc1. The Balaban J connectivity index is 1.68. The van der Waals surface area contributed by atoms with Crippen molar-refractivity contribution in [1.29, 1.82) is 5.26 Å². The second kappa shape index (κ2) is 9.26. The number of benzene rings is 4. The van der Waals surface area contributed by atoms with E-state index in [4.69, 9.17) is 9.72 Å². The van der Waals surface area contributed by atoms with E-state index in [2.05, 4.69) is 58.6 Å². The van der Waals surface area contributed by atoms with Crippen LogP contribution in [0.5, 0.6) is 5.75 Å². The van der Waals surface area contributed by atoms with Crippen molar-refractivity contribution in [3.63, 3.8) is 0 Å². The van der Waals surface area contributed by atoms with Crippen molar-refractivity contribution in [2.24, 2.45) is 0 Å². The third kappa shape index (κ3) is 3.78. The topological polar surface area (TPSA) is 50.8 Å². The zero-order valence-corrected chi connectivity index (χ0v) is 20.4. The van der Waals surface area contributed by atoms with Gasteiger partial charge in [-0.25, -0.2) is 4.98 Å². The molecule has 0 fully saturated rings. The van der Waals surface area contributed by atoms with E-state index in [9.17, 15) is 5.26 Å². The molecule has 0 bridgehead atoms. The second-order valence-electron chi connectivity index (χ2n) is 8.36. The maximum absolute atomic E-state index is 10.1. The monoisotopic (exact) mass is 483 g/mol. The molecular weight excluding hydrogens is 462 g/mol. The first-order valence-corrected chi connectivity index (χ1v) is 12.4. The summed E-state index contributed by atoms with van der Waals surface area (Å²) in [5.41, 5.74) is 6.25. The van der Waals surface area contributed by atoms with Gasteiger partial charge in [0.15, 0.2) is 0 Å². The Kier molecular flexibility index (Phi) is 5.65. The Hall–Kier alpha value is -4.53. The van der Waals surface area contributed by atoms with Gasteiger partial charge < -0.3 is 4.74 Å². The van der Waals surface area contributed by atoms with Crippen LogP contribution in [0.1, 0.15) is 5.69 Å². The summed E-state index contributed by atoms with van der Waals surface area (Å²) in [7, 11) is 1.67. The lowest BCUT2D eigenvalue weighted by atomic mass is 9.96. The van der Waals surface area contributed by atoms with Crippen LogP contribution in [0.4, 0.5) is 0 Å². The molecule has 0 aliphatic carbocycles. The van der Waals surface area contributed by atoms with Gasteiger partial charge in [-0.05, 0) is 60.0 Å². The average molecular weight is 484 g/mol. The van der Waals surface area contributed by atoms with Gasteiger partial charge in [-0.2, -0.15) is 5.26 Å². The van der Waals surface area contributed by atoms with Crippen molar-refractivity contribution in [2.75, 3.05) is 7.11 Å². The summed E-state index contributed by atoms with van der Waals surface area (Å²) in [6, 6.07) is 39.1. The number of nitrogens with zero attached hydrogens (tertiary/aromatic N) is 3. The first-order chi connectivity index (χ1) is 17.8. The molecule has 0 N–H and O–H groups in total. The van der Waals surface area contributed by atoms with Crippen LogP contribution in [-0.4, -0.2) is 16.1 Å². The smallest absolute Gasteiger partial charge is 0.149 e. The number of hydrogen-bond acceptors (Lipinski definition) is 4. The Morgan fingerprint density at radius 2 is 1.56 bits per heavy atom. The minimum Gasteiger partial charge on any atom is -0.497 e. The lowest BCUT2D eigenvalue weighted by Gasteiger charge is -2.13. The van der Waals surface area contributed by atoms with E-state index in [1.807, 2.05) is 60.7 Å². The molecule has 172 valence electrons. The van der Waals surface area contributed by atoms with E-state index in [1.165, 1.54) is 0 Å². The molecule has 0 saturated carbocycles. The summed E-state index contributed by atoms with van der Waals surface area (Å²) in [6.45, 7) is 0. The van der Waals surface area contributed by atoms with Crippen molar-refractivity contribution in [1.82, 2.24) is 8.96 Å². The fourth-order valence-electron chi connectivity index (χ4n) is 4.57. The molecule has 36 heavy (non-hydrogen) atoms. The highest BCUT2D eigenvalue weighted by Crippen LogP contribution is 2.45. The number of pyridine rings is 1. The zero-order valence-electron chi connectivity index (χ0n) is 19.6. The first kappa shape index (κ1) is 22.0.